The quantitative estimate of drug-likeness (QED) is 0.713. The zero-order valence-electron chi connectivity index (χ0n) is 7.90. The fourth-order valence-corrected chi connectivity index (χ4v) is 1.20. The van der Waals surface area contributed by atoms with Gasteiger partial charge in [-0.1, -0.05) is 32.1 Å². The molecular weight excluding hydrogens is 188 g/mol. The monoisotopic (exact) mass is 200 g/mol. The molecule has 0 N–H and O–H groups in total. The molecule has 0 atom stereocenters. The van der Waals surface area contributed by atoms with Crippen LogP contribution in [-0.2, 0) is 11.3 Å². The van der Waals surface area contributed by atoms with Crippen molar-refractivity contribution < 1.29 is 4.79 Å². The summed E-state index contributed by atoms with van der Waals surface area (Å²) in [5.41, 5.74) is 1.03. The lowest BCUT2D eigenvalue weighted by molar-refractivity contribution is -0.127. The Balaban J connectivity index is 2.77. The minimum Gasteiger partial charge on any atom is -0.297 e. The Kier molecular flexibility index (Phi) is 2.66. The number of Topliss-reactive ketones (excluding diaryl/α,β-unsaturated/α-hetero) is 1. The lowest BCUT2D eigenvalue weighted by Gasteiger charge is -2.15. The molecule has 0 saturated carbocycles. The minimum atomic E-state index is -0.414. The van der Waals surface area contributed by atoms with Crippen LogP contribution < -0.4 is 4.87 Å². The lowest BCUT2D eigenvalue weighted by Crippen LogP contribution is -2.29. The third kappa shape index (κ3) is 2.48. The summed E-state index contributed by atoms with van der Waals surface area (Å²) in [5.74, 6) is 0.0144. The van der Waals surface area contributed by atoms with Gasteiger partial charge in [0.15, 0.2) is 5.78 Å². The van der Waals surface area contributed by atoms with Crippen LogP contribution in [0.5, 0.6) is 0 Å². The molecule has 1 aromatic heterocycles. The molecule has 0 amide bonds. The predicted molar refractivity (Wildman–Crippen MR) is 50.8 cm³/mol. The van der Waals surface area contributed by atoms with Crippen molar-refractivity contribution in [3.63, 3.8) is 0 Å². The van der Waals surface area contributed by atoms with E-state index in [1.54, 1.807) is 0 Å². The molecule has 0 aliphatic rings. The molecule has 0 fully saturated rings. The van der Waals surface area contributed by atoms with Crippen LogP contribution in [0.15, 0.2) is 10.3 Å². The van der Waals surface area contributed by atoms with E-state index in [-0.39, 0.29) is 17.2 Å². The molecule has 0 bridgehead atoms. The Morgan fingerprint density at radius 1 is 1.62 bits per heavy atom. The second-order valence-corrected chi connectivity index (χ2v) is 4.63. The Labute approximate surface area is 80.2 Å². The summed E-state index contributed by atoms with van der Waals surface area (Å²) >= 11 is 1.00. The number of ketones is 1. The van der Waals surface area contributed by atoms with Gasteiger partial charge < -0.3 is 0 Å². The number of carbonyl (C=O) groups is 1. The van der Waals surface area contributed by atoms with Crippen molar-refractivity contribution in [3.8, 4) is 0 Å². The summed E-state index contributed by atoms with van der Waals surface area (Å²) in [6.45, 7) is 5.55. The maximum Gasteiger partial charge on any atom is 0.325 e. The Hall–Kier alpha value is -0.970. The summed E-state index contributed by atoms with van der Waals surface area (Å²) in [5, 5.41) is 3.77. The first-order chi connectivity index (χ1) is 5.91. The van der Waals surface area contributed by atoms with Crippen molar-refractivity contribution in [3.05, 3.63) is 15.2 Å². The van der Waals surface area contributed by atoms with Crippen molar-refractivity contribution in [1.82, 2.24) is 9.78 Å². The molecule has 0 spiro atoms. The fourth-order valence-electron chi connectivity index (χ4n) is 0.712. The predicted octanol–water partition coefficient (Wildman–Crippen LogP) is 0.920. The second kappa shape index (κ2) is 3.41. The van der Waals surface area contributed by atoms with E-state index >= 15 is 0 Å². The van der Waals surface area contributed by atoms with Crippen LogP contribution in [0.1, 0.15) is 20.8 Å². The maximum absolute atomic E-state index is 11.5. The van der Waals surface area contributed by atoms with Crippen LogP contribution in [0.2, 0.25) is 0 Å². The summed E-state index contributed by atoms with van der Waals surface area (Å²) in [6.07, 6.45) is 0. The van der Waals surface area contributed by atoms with Crippen molar-refractivity contribution in [2.75, 3.05) is 0 Å². The SMILES string of the molecule is CC(C)(C)C(=O)Cn1ncsc1=O. The van der Waals surface area contributed by atoms with Crippen molar-refractivity contribution in [1.29, 1.82) is 0 Å². The van der Waals surface area contributed by atoms with E-state index in [0.29, 0.717) is 0 Å². The molecule has 13 heavy (non-hydrogen) atoms. The third-order valence-electron chi connectivity index (χ3n) is 1.68. The highest BCUT2D eigenvalue weighted by atomic mass is 32.1. The molecular formula is C8H12N2O2S. The highest BCUT2D eigenvalue weighted by Gasteiger charge is 2.22. The van der Waals surface area contributed by atoms with Crippen LogP contribution in [-0.4, -0.2) is 15.6 Å². The average molecular weight is 200 g/mol. The molecule has 0 radical (unpaired) electrons. The van der Waals surface area contributed by atoms with Gasteiger partial charge in [0.2, 0.25) is 0 Å². The van der Waals surface area contributed by atoms with Gasteiger partial charge in [-0.05, 0) is 0 Å². The summed E-state index contributed by atoms with van der Waals surface area (Å²) in [4.78, 5) is 22.4. The second-order valence-electron chi connectivity index (χ2n) is 3.84. The minimum absolute atomic E-state index is 0.0144. The number of aromatic nitrogens is 2. The molecule has 0 saturated heterocycles. The van der Waals surface area contributed by atoms with Gasteiger partial charge in [-0.25, -0.2) is 4.68 Å². The summed E-state index contributed by atoms with van der Waals surface area (Å²) in [7, 11) is 0. The topological polar surface area (TPSA) is 52.0 Å². The van der Waals surface area contributed by atoms with Gasteiger partial charge in [-0.3, -0.25) is 9.59 Å². The Morgan fingerprint density at radius 2 is 2.23 bits per heavy atom. The molecule has 1 heterocycles. The molecule has 5 heteroatoms. The Bertz CT molecular complexity index is 359. The largest absolute Gasteiger partial charge is 0.325 e. The first-order valence-corrected chi connectivity index (χ1v) is 4.83. The number of hydrogen-bond donors (Lipinski definition) is 0. The van der Waals surface area contributed by atoms with Crippen molar-refractivity contribution >= 4 is 17.1 Å². The molecule has 0 unspecified atom stereocenters. The number of rotatable bonds is 2. The van der Waals surface area contributed by atoms with Crippen LogP contribution in [0.25, 0.3) is 0 Å². The van der Waals surface area contributed by atoms with E-state index in [2.05, 4.69) is 5.10 Å². The Morgan fingerprint density at radius 3 is 2.62 bits per heavy atom. The first kappa shape index (κ1) is 10.1. The lowest BCUT2D eigenvalue weighted by atomic mass is 9.91. The number of carbonyl (C=O) groups excluding carboxylic acids is 1. The smallest absolute Gasteiger partial charge is 0.297 e. The van der Waals surface area contributed by atoms with Gasteiger partial charge >= 0.3 is 4.87 Å². The molecule has 0 aromatic carbocycles. The molecule has 0 aliphatic carbocycles. The zero-order valence-corrected chi connectivity index (χ0v) is 8.72. The molecule has 72 valence electrons. The van der Waals surface area contributed by atoms with Gasteiger partial charge in [0.05, 0.1) is 0 Å². The van der Waals surface area contributed by atoms with Crippen LogP contribution in [0, 0.1) is 5.41 Å². The van der Waals surface area contributed by atoms with Crippen molar-refractivity contribution in [2.45, 2.75) is 27.3 Å². The van der Waals surface area contributed by atoms with E-state index < -0.39 is 5.41 Å². The average Bonchev–Trinajstić information content (AvgIpc) is 2.34. The first-order valence-electron chi connectivity index (χ1n) is 3.95. The molecule has 1 aromatic rings. The highest BCUT2D eigenvalue weighted by Crippen LogP contribution is 2.14. The third-order valence-corrected chi connectivity index (χ3v) is 2.29. The van der Waals surface area contributed by atoms with Gasteiger partial charge in [-0.2, -0.15) is 5.10 Å². The van der Waals surface area contributed by atoms with E-state index in [1.165, 1.54) is 10.2 Å². The van der Waals surface area contributed by atoms with Gasteiger partial charge in [0, 0.05) is 5.41 Å². The van der Waals surface area contributed by atoms with E-state index in [0.717, 1.165) is 11.3 Å². The van der Waals surface area contributed by atoms with Crippen LogP contribution >= 0.6 is 11.3 Å². The fraction of sp³-hybridized carbons (Fsp3) is 0.625. The highest BCUT2D eigenvalue weighted by molar-refractivity contribution is 7.06. The number of nitrogens with zero attached hydrogens (tertiary/aromatic N) is 2. The number of hydrogen-bond acceptors (Lipinski definition) is 4. The van der Waals surface area contributed by atoms with Gasteiger partial charge in [0.1, 0.15) is 12.1 Å². The van der Waals surface area contributed by atoms with Gasteiger partial charge in [-0.15, -0.1) is 0 Å². The molecule has 0 aliphatic heterocycles. The van der Waals surface area contributed by atoms with E-state index in [4.69, 9.17) is 0 Å². The van der Waals surface area contributed by atoms with E-state index in [1.807, 2.05) is 20.8 Å². The van der Waals surface area contributed by atoms with E-state index in [9.17, 15) is 9.59 Å². The summed E-state index contributed by atoms with van der Waals surface area (Å²) < 4.78 is 1.19. The maximum atomic E-state index is 11.5. The zero-order chi connectivity index (χ0) is 10.1. The van der Waals surface area contributed by atoms with Crippen LogP contribution in [0.4, 0.5) is 0 Å². The normalized spacial score (nSPS) is 11.6. The summed E-state index contributed by atoms with van der Waals surface area (Å²) in [6, 6.07) is 0. The van der Waals surface area contributed by atoms with Gasteiger partial charge in [0.25, 0.3) is 0 Å². The van der Waals surface area contributed by atoms with Crippen LogP contribution in [0.3, 0.4) is 0 Å². The van der Waals surface area contributed by atoms with Crippen molar-refractivity contribution in [2.24, 2.45) is 5.41 Å². The standard InChI is InChI=1S/C8H12N2O2S/c1-8(2,3)6(11)4-10-7(12)13-5-9-10/h5H,4H2,1-3H3. The molecule has 1 rings (SSSR count). The molecule has 4 nitrogen and oxygen atoms in total.